The lowest BCUT2D eigenvalue weighted by atomic mass is 9.84. The monoisotopic (exact) mass is 629 g/mol. The van der Waals surface area contributed by atoms with Crippen molar-refractivity contribution in [3.05, 3.63) is 84.9 Å². The third-order valence-corrected chi connectivity index (χ3v) is 11.0. The molecule has 2 saturated heterocycles. The van der Waals surface area contributed by atoms with Gasteiger partial charge in [0.05, 0.1) is 19.3 Å². The fourth-order valence-electron chi connectivity index (χ4n) is 6.59. The molecular formula is C33H35N5O6S. The van der Waals surface area contributed by atoms with Crippen LogP contribution in [0.4, 0.5) is 0 Å². The lowest BCUT2D eigenvalue weighted by Crippen LogP contribution is -2.59. The third-order valence-electron chi connectivity index (χ3n) is 9.11. The first kappa shape index (κ1) is 29.6. The van der Waals surface area contributed by atoms with Crippen molar-refractivity contribution >= 4 is 15.9 Å². The molecule has 2 N–H and O–H groups in total. The molecule has 1 spiro atoms. The highest BCUT2D eigenvalue weighted by Gasteiger charge is 2.47. The molecule has 0 unspecified atom stereocenters. The van der Waals surface area contributed by atoms with E-state index in [9.17, 15) is 18.3 Å². The van der Waals surface area contributed by atoms with Crippen LogP contribution in [0.3, 0.4) is 0 Å². The minimum absolute atomic E-state index is 0.0188. The summed E-state index contributed by atoms with van der Waals surface area (Å²) in [7, 11) is -4.16. The summed E-state index contributed by atoms with van der Waals surface area (Å²) in [6.45, 7) is 2.03. The van der Waals surface area contributed by atoms with E-state index in [1.54, 1.807) is 24.5 Å². The number of hydrogen-bond acceptors (Lipinski definition) is 9. The zero-order chi connectivity index (χ0) is 31.0. The van der Waals surface area contributed by atoms with Crippen molar-refractivity contribution in [2.24, 2.45) is 0 Å². The van der Waals surface area contributed by atoms with E-state index in [0.29, 0.717) is 38.9 Å². The summed E-state index contributed by atoms with van der Waals surface area (Å²) < 4.78 is 41.0. The normalized spacial score (nSPS) is 23.4. The van der Waals surface area contributed by atoms with Crippen molar-refractivity contribution in [3.8, 4) is 28.1 Å². The Morgan fingerprint density at radius 2 is 1.78 bits per heavy atom. The van der Waals surface area contributed by atoms with Gasteiger partial charge in [-0.25, -0.2) is 8.42 Å². The number of hydrogen-bond donors (Lipinski definition) is 2. The molecule has 234 valence electrons. The number of aliphatic hydroxyl groups excluding tert-OH is 1. The Hall–Kier alpha value is -4.10. The molecule has 1 amide bonds. The summed E-state index contributed by atoms with van der Waals surface area (Å²) in [6.07, 6.45) is 4.26. The SMILES string of the molecule is O=C1NC2(CCOc3cc(-c4cccnc4)ccc3S(=O)(=O)N3C[C@H](O)C[C@@H]13)CCN(Cc1cc(-c3ccccc3)no1)CC2. The van der Waals surface area contributed by atoms with Gasteiger partial charge in [0.2, 0.25) is 15.9 Å². The number of nitrogens with one attached hydrogen (secondary N) is 1. The van der Waals surface area contributed by atoms with Gasteiger partial charge in [-0.05, 0) is 36.6 Å². The van der Waals surface area contributed by atoms with Gasteiger partial charge in [0.15, 0.2) is 5.76 Å². The number of aliphatic hydroxyl groups is 1. The van der Waals surface area contributed by atoms with Crippen LogP contribution < -0.4 is 10.1 Å². The van der Waals surface area contributed by atoms with E-state index in [2.05, 4.69) is 20.4 Å². The Morgan fingerprint density at radius 1 is 0.978 bits per heavy atom. The second kappa shape index (κ2) is 12.0. The molecule has 7 rings (SSSR count). The van der Waals surface area contributed by atoms with Crippen LogP contribution >= 0.6 is 0 Å². The molecule has 2 fully saturated rings. The highest BCUT2D eigenvalue weighted by molar-refractivity contribution is 7.89. The molecule has 0 radical (unpaired) electrons. The zero-order valence-electron chi connectivity index (χ0n) is 24.7. The molecule has 2 atom stereocenters. The Labute approximate surface area is 261 Å². The Bertz CT molecular complexity index is 1770. The number of rotatable bonds is 4. The predicted molar refractivity (Wildman–Crippen MR) is 165 cm³/mol. The van der Waals surface area contributed by atoms with Gasteiger partial charge in [-0.3, -0.25) is 14.7 Å². The standard InChI is InChI=1S/C33H35N5O6S/c39-26-18-29-32(40)35-33(10-14-37(15-11-33)22-27-19-28(36-44-27)23-5-2-1-3-6-23)12-16-43-30-17-24(25-7-4-13-34-20-25)8-9-31(30)45(41,42)38(29)21-26/h1-9,13,17,19-20,26,29,39H,10-12,14-16,18,21-22H2,(H,35,40)/t26-,29+/m1/s1. The maximum atomic E-state index is 14.0. The van der Waals surface area contributed by atoms with Crippen molar-refractivity contribution in [2.45, 2.75) is 54.8 Å². The fourth-order valence-corrected chi connectivity index (χ4v) is 8.34. The molecule has 4 aromatic rings. The van der Waals surface area contributed by atoms with Crippen LogP contribution in [0.2, 0.25) is 0 Å². The van der Waals surface area contributed by atoms with E-state index >= 15 is 0 Å². The van der Waals surface area contributed by atoms with Crippen LogP contribution in [-0.2, 0) is 21.4 Å². The summed E-state index contributed by atoms with van der Waals surface area (Å²) in [4.78, 5) is 20.2. The van der Waals surface area contributed by atoms with Gasteiger partial charge in [-0.2, -0.15) is 4.31 Å². The zero-order valence-corrected chi connectivity index (χ0v) is 25.5. The van der Waals surface area contributed by atoms with Crippen LogP contribution in [0.25, 0.3) is 22.4 Å². The number of carbonyl (C=O) groups excluding carboxylic acids is 1. The minimum Gasteiger partial charge on any atom is -0.492 e. The number of ether oxygens (including phenoxy) is 1. The molecule has 3 aliphatic rings. The highest BCUT2D eigenvalue weighted by Crippen LogP contribution is 2.37. The van der Waals surface area contributed by atoms with Gasteiger partial charge in [0, 0.05) is 67.6 Å². The molecule has 2 aromatic heterocycles. The van der Waals surface area contributed by atoms with E-state index in [-0.39, 0.29) is 36.1 Å². The number of fused-ring (bicyclic) bond motifs is 2. The quantitative estimate of drug-likeness (QED) is 0.348. The van der Waals surface area contributed by atoms with Gasteiger partial charge in [-0.15, -0.1) is 0 Å². The summed E-state index contributed by atoms with van der Waals surface area (Å²) in [6, 6.07) is 19.5. The fraction of sp³-hybridized carbons (Fsp3) is 0.364. The number of likely N-dealkylation sites (tertiary alicyclic amines) is 1. The molecule has 0 bridgehead atoms. The topological polar surface area (TPSA) is 138 Å². The highest BCUT2D eigenvalue weighted by atomic mass is 32.2. The first-order valence-electron chi connectivity index (χ1n) is 15.2. The smallest absolute Gasteiger partial charge is 0.247 e. The van der Waals surface area contributed by atoms with Crippen molar-refractivity contribution in [3.63, 3.8) is 0 Å². The van der Waals surface area contributed by atoms with Crippen LogP contribution in [0.5, 0.6) is 5.75 Å². The van der Waals surface area contributed by atoms with Crippen molar-refractivity contribution in [2.75, 3.05) is 26.2 Å². The lowest BCUT2D eigenvalue weighted by molar-refractivity contribution is -0.127. The van der Waals surface area contributed by atoms with Crippen LogP contribution in [0, 0.1) is 0 Å². The van der Waals surface area contributed by atoms with E-state index in [1.807, 2.05) is 48.5 Å². The maximum absolute atomic E-state index is 14.0. The molecule has 3 aliphatic heterocycles. The molecule has 12 heteroatoms. The molecular weight excluding hydrogens is 594 g/mol. The van der Waals surface area contributed by atoms with E-state index in [4.69, 9.17) is 9.26 Å². The Morgan fingerprint density at radius 3 is 2.56 bits per heavy atom. The van der Waals surface area contributed by atoms with Crippen LogP contribution in [0.1, 0.15) is 31.4 Å². The van der Waals surface area contributed by atoms with E-state index in [0.717, 1.165) is 32.4 Å². The third kappa shape index (κ3) is 5.98. The van der Waals surface area contributed by atoms with Crippen LogP contribution in [-0.4, -0.2) is 82.7 Å². The number of pyridine rings is 1. The predicted octanol–water partition coefficient (Wildman–Crippen LogP) is 3.46. The number of carbonyl (C=O) groups is 1. The second-order valence-corrected chi connectivity index (χ2v) is 13.9. The molecule has 2 aromatic carbocycles. The van der Waals surface area contributed by atoms with Gasteiger partial charge < -0.3 is 19.7 Å². The van der Waals surface area contributed by atoms with Crippen LogP contribution in [0.15, 0.2) is 88.5 Å². The number of aromatic nitrogens is 2. The number of nitrogens with zero attached hydrogens (tertiary/aromatic N) is 4. The van der Waals surface area contributed by atoms with Gasteiger partial charge in [0.25, 0.3) is 0 Å². The number of benzene rings is 2. The molecule has 0 saturated carbocycles. The molecule has 5 heterocycles. The Balaban J connectivity index is 1.13. The van der Waals surface area contributed by atoms with E-state index in [1.165, 1.54) is 6.07 Å². The summed E-state index contributed by atoms with van der Waals surface area (Å²) >= 11 is 0. The first-order chi connectivity index (χ1) is 21.8. The number of sulfonamides is 1. The summed E-state index contributed by atoms with van der Waals surface area (Å²) in [5.74, 6) is 0.598. The van der Waals surface area contributed by atoms with E-state index < -0.39 is 27.7 Å². The van der Waals surface area contributed by atoms with Gasteiger partial charge >= 0.3 is 0 Å². The second-order valence-electron chi connectivity index (χ2n) is 12.1. The number of amides is 1. The molecule has 0 aliphatic carbocycles. The molecule has 11 nitrogen and oxygen atoms in total. The van der Waals surface area contributed by atoms with Crippen molar-refractivity contribution in [1.82, 2.24) is 24.7 Å². The van der Waals surface area contributed by atoms with Crippen molar-refractivity contribution < 1.29 is 27.6 Å². The lowest BCUT2D eigenvalue weighted by Gasteiger charge is -2.42. The van der Waals surface area contributed by atoms with Gasteiger partial charge in [0.1, 0.15) is 22.4 Å². The first-order valence-corrected chi connectivity index (χ1v) is 16.7. The largest absolute Gasteiger partial charge is 0.492 e. The number of piperidine rings is 1. The van der Waals surface area contributed by atoms with Crippen molar-refractivity contribution in [1.29, 1.82) is 0 Å². The Kier molecular flexibility index (Phi) is 7.90. The summed E-state index contributed by atoms with van der Waals surface area (Å²) in [5.41, 5.74) is 2.78. The minimum atomic E-state index is -4.16. The van der Waals surface area contributed by atoms with Gasteiger partial charge in [-0.1, -0.05) is 47.6 Å². The maximum Gasteiger partial charge on any atom is 0.247 e. The average Bonchev–Trinajstić information content (AvgIpc) is 3.70. The molecule has 45 heavy (non-hydrogen) atoms. The summed E-state index contributed by atoms with van der Waals surface area (Å²) in [5, 5.41) is 18.0. The average molecular weight is 630 g/mol.